The van der Waals surface area contributed by atoms with Crippen LogP contribution in [0, 0.1) is 13.8 Å². The highest BCUT2D eigenvalue weighted by Gasteiger charge is 2.11. The first-order valence-electron chi connectivity index (χ1n) is 8.29. The molecule has 2 aromatic heterocycles. The minimum absolute atomic E-state index is 0.185. The van der Waals surface area contributed by atoms with E-state index in [4.69, 9.17) is 0 Å². The van der Waals surface area contributed by atoms with Gasteiger partial charge in [-0.1, -0.05) is 18.2 Å². The summed E-state index contributed by atoms with van der Waals surface area (Å²) in [6.07, 6.45) is 0. The maximum atomic E-state index is 12.7. The monoisotopic (exact) mass is 376 g/mol. The number of aromatic nitrogens is 5. The lowest BCUT2D eigenvalue weighted by Gasteiger charge is -2.09. The van der Waals surface area contributed by atoms with Crippen LogP contribution in [-0.4, -0.2) is 31.1 Å². The third-order valence-corrected chi connectivity index (χ3v) is 4.87. The van der Waals surface area contributed by atoms with Gasteiger partial charge in [0, 0.05) is 21.7 Å². The van der Waals surface area contributed by atoms with Crippen molar-refractivity contribution in [1.82, 2.24) is 25.2 Å². The molecule has 0 unspecified atom stereocenters. The minimum Gasteiger partial charge on any atom is -0.322 e. The Bertz CT molecular complexity index is 1120. The number of carbonyl (C=O) groups is 1. The summed E-state index contributed by atoms with van der Waals surface area (Å²) < 4.78 is 1.61. The van der Waals surface area contributed by atoms with Crippen LogP contribution in [0.3, 0.4) is 0 Å². The molecule has 2 heterocycles. The molecule has 0 aliphatic rings. The van der Waals surface area contributed by atoms with Crippen LogP contribution in [0.25, 0.3) is 16.9 Å². The lowest BCUT2D eigenvalue weighted by atomic mass is 10.1. The van der Waals surface area contributed by atoms with E-state index < -0.39 is 0 Å². The summed E-state index contributed by atoms with van der Waals surface area (Å²) >= 11 is 1.59. The second-order valence-electron chi connectivity index (χ2n) is 5.98. The summed E-state index contributed by atoms with van der Waals surface area (Å²) in [4.78, 5) is 18.2. The van der Waals surface area contributed by atoms with Gasteiger partial charge in [-0.3, -0.25) is 4.79 Å². The molecule has 4 aromatic rings. The number of thiazole rings is 1. The summed E-state index contributed by atoms with van der Waals surface area (Å²) in [5.41, 5.74) is 5.67. The molecule has 0 fully saturated rings. The fourth-order valence-electron chi connectivity index (χ4n) is 2.78. The zero-order chi connectivity index (χ0) is 18.8. The second kappa shape index (κ2) is 7.08. The van der Waals surface area contributed by atoms with Crippen molar-refractivity contribution in [2.75, 3.05) is 5.32 Å². The zero-order valence-corrected chi connectivity index (χ0v) is 15.6. The molecule has 8 heteroatoms. The number of carbonyl (C=O) groups excluding carboxylic acids is 1. The number of amides is 1. The average Bonchev–Trinajstić information content (AvgIpc) is 3.30. The van der Waals surface area contributed by atoms with Crippen LogP contribution in [-0.2, 0) is 0 Å². The Morgan fingerprint density at radius 2 is 1.96 bits per heavy atom. The predicted octanol–water partition coefficient (Wildman–Crippen LogP) is 3.65. The van der Waals surface area contributed by atoms with Crippen LogP contribution in [0.15, 0.2) is 54.0 Å². The molecule has 1 N–H and O–H groups in total. The fraction of sp³-hybridized carbons (Fsp3) is 0.105. The van der Waals surface area contributed by atoms with Crippen molar-refractivity contribution in [2.45, 2.75) is 13.8 Å². The largest absolute Gasteiger partial charge is 0.322 e. The van der Waals surface area contributed by atoms with Crippen molar-refractivity contribution in [3.05, 3.63) is 70.3 Å². The van der Waals surface area contributed by atoms with E-state index in [0.717, 1.165) is 21.8 Å². The molecular weight excluding hydrogens is 360 g/mol. The Morgan fingerprint density at radius 3 is 2.70 bits per heavy atom. The van der Waals surface area contributed by atoms with Crippen molar-refractivity contribution in [1.29, 1.82) is 0 Å². The van der Waals surface area contributed by atoms with Crippen LogP contribution in [0.4, 0.5) is 5.69 Å². The number of aryl methyl sites for hydroxylation is 2. The normalized spacial score (nSPS) is 10.7. The third kappa shape index (κ3) is 3.47. The van der Waals surface area contributed by atoms with Gasteiger partial charge >= 0.3 is 0 Å². The summed E-state index contributed by atoms with van der Waals surface area (Å²) in [5, 5.41) is 14.4. The maximum Gasteiger partial charge on any atom is 0.255 e. The number of hydrogen-bond donors (Lipinski definition) is 1. The first-order chi connectivity index (χ1) is 13.1. The van der Waals surface area contributed by atoms with Crippen molar-refractivity contribution in [3.8, 4) is 16.9 Å². The molecule has 27 heavy (non-hydrogen) atoms. The summed E-state index contributed by atoms with van der Waals surface area (Å²) in [6.45, 7) is 3.84. The number of anilines is 1. The van der Waals surface area contributed by atoms with Crippen molar-refractivity contribution < 1.29 is 4.79 Å². The maximum absolute atomic E-state index is 12.7. The molecule has 0 saturated carbocycles. The van der Waals surface area contributed by atoms with Gasteiger partial charge in [0.05, 0.1) is 16.9 Å². The lowest BCUT2D eigenvalue weighted by molar-refractivity contribution is 0.102. The van der Waals surface area contributed by atoms with Crippen molar-refractivity contribution in [2.24, 2.45) is 0 Å². The molecule has 0 bridgehead atoms. The lowest BCUT2D eigenvalue weighted by Crippen LogP contribution is -2.12. The van der Waals surface area contributed by atoms with Gasteiger partial charge in [0.2, 0.25) is 0 Å². The van der Waals surface area contributed by atoms with Crippen molar-refractivity contribution >= 4 is 22.9 Å². The highest BCUT2D eigenvalue weighted by molar-refractivity contribution is 7.10. The van der Waals surface area contributed by atoms with E-state index in [1.807, 2.05) is 61.8 Å². The first-order valence-corrected chi connectivity index (χ1v) is 9.17. The highest BCUT2D eigenvalue weighted by Crippen LogP contribution is 2.25. The number of benzene rings is 2. The number of rotatable bonds is 4. The van der Waals surface area contributed by atoms with Gasteiger partial charge in [-0.05, 0) is 54.6 Å². The molecule has 2 aromatic carbocycles. The van der Waals surface area contributed by atoms with Crippen LogP contribution >= 0.6 is 11.3 Å². The molecule has 1 amide bonds. The number of nitrogens with zero attached hydrogens (tertiary/aromatic N) is 5. The second-order valence-corrected chi connectivity index (χ2v) is 7.04. The summed E-state index contributed by atoms with van der Waals surface area (Å²) in [6, 6.07) is 14.9. The SMILES string of the molecule is Cc1scnc1-c1cccc(C(=O)Nc2cccc(-n3nnnc3C)c2)c1. The van der Waals surface area contributed by atoms with Gasteiger partial charge in [0.1, 0.15) is 0 Å². The zero-order valence-electron chi connectivity index (χ0n) is 14.7. The van der Waals surface area contributed by atoms with E-state index in [1.165, 1.54) is 0 Å². The number of hydrogen-bond acceptors (Lipinski definition) is 6. The molecule has 0 atom stereocenters. The van der Waals surface area contributed by atoms with Crippen molar-refractivity contribution in [3.63, 3.8) is 0 Å². The van der Waals surface area contributed by atoms with Gasteiger partial charge in [-0.2, -0.15) is 4.68 Å². The molecule has 134 valence electrons. The van der Waals surface area contributed by atoms with Gasteiger partial charge in [0.25, 0.3) is 5.91 Å². The van der Waals surface area contributed by atoms with Gasteiger partial charge in [0.15, 0.2) is 5.82 Å². The Labute approximate surface area is 159 Å². The summed E-state index contributed by atoms with van der Waals surface area (Å²) in [5.74, 6) is 0.486. The molecule has 7 nitrogen and oxygen atoms in total. The summed E-state index contributed by atoms with van der Waals surface area (Å²) in [7, 11) is 0. The van der Waals surface area contributed by atoms with Crippen LogP contribution < -0.4 is 5.32 Å². The molecule has 0 spiro atoms. The van der Waals surface area contributed by atoms with E-state index in [9.17, 15) is 4.79 Å². The van der Waals surface area contributed by atoms with E-state index in [-0.39, 0.29) is 5.91 Å². The van der Waals surface area contributed by atoms with E-state index in [2.05, 4.69) is 25.8 Å². The highest BCUT2D eigenvalue weighted by atomic mass is 32.1. The number of nitrogens with one attached hydrogen (secondary N) is 1. The molecule has 0 aliphatic heterocycles. The van der Waals surface area contributed by atoms with Crippen LogP contribution in [0.5, 0.6) is 0 Å². The topological polar surface area (TPSA) is 85.6 Å². The van der Waals surface area contributed by atoms with E-state index in [0.29, 0.717) is 17.1 Å². The van der Waals surface area contributed by atoms with Crippen LogP contribution in [0.1, 0.15) is 21.1 Å². The Balaban J connectivity index is 1.58. The molecule has 0 radical (unpaired) electrons. The minimum atomic E-state index is -0.185. The Kier molecular flexibility index (Phi) is 4.47. The third-order valence-electron chi connectivity index (χ3n) is 4.12. The standard InChI is InChI=1S/C19H16N6OS/c1-12-18(20-11-27-12)14-5-3-6-15(9-14)19(26)21-16-7-4-8-17(10-16)25-13(2)22-23-24-25/h3-11H,1-2H3,(H,21,26). The van der Waals surface area contributed by atoms with Gasteiger partial charge in [-0.15, -0.1) is 16.4 Å². The first kappa shape index (κ1) is 17.0. The van der Waals surface area contributed by atoms with Gasteiger partial charge in [-0.25, -0.2) is 4.98 Å². The fourth-order valence-corrected chi connectivity index (χ4v) is 3.38. The average molecular weight is 376 g/mol. The van der Waals surface area contributed by atoms with Crippen LogP contribution in [0.2, 0.25) is 0 Å². The smallest absolute Gasteiger partial charge is 0.255 e. The quantitative estimate of drug-likeness (QED) is 0.587. The predicted molar refractivity (Wildman–Crippen MR) is 104 cm³/mol. The molecule has 4 rings (SSSR count). The Morgan fingerprint density at radius 1 is 1.11 bits per heavy atom. The number of tetrazole rings is 1. The van der Waals surface area contributed by atoms with E-state index in [1.54, 1.807) is 22.1 Å². The molecule has 0 aliphatic carbocycles. The molecular formula is C19H16N6OS. The molecule has 0 saturated heterocycles. The Hall–Kier alpha value is -3.39. The van der Waals surface area contributed by atoms with Gasteiger partial charge < -0.3 is 5.32 Å². The van der Waals surface area contributed by atoms with E-state index >= 15 is 0 Å².